The first-order valence-corrected chi connectivity index (χ1v) is 5.88. The van der Waals surface area contributed by atoms with Crippen LogP contribution in [0.5, 0.6) is 0 Å². The number of thioether (sulfide) groups is 1. The minimum atomic E-state index is -1.16. The zero-order chi connectivity index (χ0) is 12.4. The minimum absolute atomic E-state index is 0.171. The van der Waals surface area contributed by atoms with Gasteiger partial charge in [-0.05, 0) is 24.5 Å². The summed E-state index contributed by atoms with van der Waals surface area (Å²) in [5.41, 5.74) is 0.422. The third kappa shape index (κ3) is 2.31. The fraction of sp³-hybridized carbons (Fsp3) is 0.0909. The summed E-state index contributed by atoms with van der Waals surface area (Å²) < 4.78 is 18.1. The average molecular weight is 253 g/mol. The maximum absolute atomic E-state index is 13.3. The van der Waals surface area contributed by atoms with E-state index in [2.05, 4.69) is 5.16 Å². The van der Waals surface area contributed by atoms with Gasteiger partial charge in [-0.2, -0.15) is 0 Å². The summed E-state index contributed by atoms with van der Waals surface area (Å²) in [6.45, 7) is 0. The molecule has 88 valence electrons. The summed E-state index contributed by atoms with van der Waals surface area (Å²) in [5.74, 6) is -1.18. The topological polar surface area (TPSA) is 63.3 Å². The molecule has 0 saturated carbocycles. The molecule has 0 atom stereocenters. The number of rotatable bonds is 3. The van der Waals surface area contributed by atoms with Gasteiger partial charge in [0, 0.05) is 16.5 Å². The lowest BCUT2D eigenvalue weighted by Crippen LogP contribution is -1.94. The first-order valence-electron chi connectivity index (χ1n) is 4.65. The highest BCUT2D eigenvalue weighted by atomic mass is 32.2. The van der Waals surface area contributed by atoms with Gasteiger partial charge in [0.15, 0.2) is 11.5 Å². The number of carboxylic acid groups (broad SMARTS) is 1. The smallest absolute Gasteiger partial charge is 0.358 e. The highest BCUT2D eigenvalue weighted by Crippen LogP contribution is 2.27. The fourth-order valence-electron chi connectivity index (χ4n) is 1.33. The molecule has 0 amide bonds. The van der Waals surface area contributed by atoms with E-state index in [9.17, 15) is 9.18 Å². The van der Waals surface area contributed by atoms with Crippen molar-refractivity contribution in [2.75, 3.05) is 6.26 Å². The molecule has 0 bridgehead atoms. The van der Waals surface area contributed by atoms with Crippen molar-refractivity contribution in [3.05, 3.63) is 35.8 Å². The molecular formula is C11H8FNO3S. The first kappa shape index (κ1) is 11.7. The molecule has 2 rings (SSSR count). The molecule has 4 nitrogen and oxygen atoms in total. The second kappa shape index (κ2) is 4.58. The maximum Gasteiger partial charge on any atom is 0.358 e. The van der Waals surface area contributed by atoms with Crippen LogP contribution in [-0.2, 0) is 0 Å². The monoisotopic (exact) mass is 253 g/mol. The number of benzene rings is 1. The van der Waals surface area contributed by atoms with E-state index in [4.69, 9.17) is 9.63 Å². The average Bonchev–Trinajstić information content (AvgIpc) is 2.79. The third-order valence-corrected chi connectivity index (χ3v) is 2.92. The Balaban J connectivity index is 2.42. The summed E-state index contributed by atoms with van der Waals surface area (Å²) >= 11 is 1.26. The molecule has 0 unspecified atom stereocenters. The molecule has 0 spiro atoms. The molecule has 2 aromatic rings. The Morgan fingerprint density at radius 2 is 2.24 bits per heavy atom. The first-order chi connectivity index (χ1) is 8.11. The fourth-order valence-corrected chi connectivity index (χ4v) is 1.83. The van der Waals surface area contributed by atoms with Crippen LogP contribution in [0, 0.1) is 5.82 Å². The van der Waals surface area contributed by atoms with Gasteiger partial charge in [-0.1, -0.05) is 5.16 Å². The number of aromatic nitrogens is 1. The van der Waals surface area contributed by atoms with Gasteiger partial charge < -0.3 is 9.63 Å². The molecule has 0 aliphatic rings. The zero-order valence-electron chi connectivity index (χ0n) is 8.81. The van der Waals surface area contributed by atoms with Gasteiger partial charge in [0.25, 0.3) is 0 Å². The molecule has 0 radical (unpaired) electrons. The van der Waals surface area contributed by atoms with Crippen LogP contribution in [0.2, 0.25) is 0 Å². The number of carboxylic acids is 1. The second-order valence-electron chi connectivity index (χ2n) is 3.23. The summed E-state index contributed by atoms with van der Waals surface area (Å²) in [5, 5.41) is 12.1. The van der Waals surface area contributed by atoms with Crippen LogP contribution in [0.1, 0.15) is 10.5 Å². The number of aromatic carboxylic acids is 1. The van der Waals surface area contributed by atoms with Crippen molar-refractivity contribution in [2.24, 2.45) is 0 Å². The lowest BCUT2D eigenvalue weighted by molar-refractivity contribution is 0.0686. The van der Waals surface area contributed by atoms with E-state index in [1.165, 1.54) is 30.0 Å². The number of hydrogen-bond donors (Lipinski definition) is 1. The predicted molar refractivity (Wildman–Crippen MR) is 60.6 cm³/mol. The summed E-state index contributed by atoms with van der Waals surface area (Å²) in [4.78, 5) is 11.1. The Hall–Kier alpha value is -1.82. The molecule has 1 aromatic carbocycles. The van der Waals surface area contributed by atoms with Gasteiger partial charge in [0.05, 0.1) is 0 Å². The van der Waals surface area contributed by atoms with Crippen molar-refractivity contribution < 1.29 is 18.8 Å². The summed E-state index contributed by atoms with van der Waals surface area (Å²) in [6.07, 6.45) is 1.76. The minimum Gasteiger partial charge on any atom is -0.476 e. The molecule has 0 aliphatic heterocycles. The van der Waals surface area contributed by atoms with Gasteiger partial charge in [0.1, 0.15) is 5.82 Å². The van der Waals surface area contributed by atoms with Gasteiger partial charge in [-0.3, -0.25) is 0 Å². The number of hydrogen-bond acceptors (Lipinski definition) is 4. The number of nitrogens with zero attached hydrogens (tertiary/aromatic N) is 1. The Bertz CT molecular complexity index is 568. The molecule has 0 saturated heterocycles. The molecule has 0 aliphatic carbocycles. The number of carbonyl (C=O) groups is 1. The van der Waals surface area contributed by atoms with Crippen molar-refractivity contribution in [2.45, 2.75) is 4.90 Å². The molecule has 6 heteroatoms. The van der Waals surface area contributed by atoms with E-state index in [0.29, 0.717) is 16.2 Å². The molecule has 17 heavy (non-hydrogen) atoms. The van der Waals surface area contributed by atoms with Crippen molar-refractivity contribution in [3.8, 4) is 11.3 Å². The molecule has 1 heterocycles. The van der Waals surface area contributed by atoms with Crippen LogP contribution in [0.4, 0.5) is 4.39 Å². The highest BCUT2D eigenvalue weighted by Gasteiger charge is 2.13. The van der Waals surface area contributed by atoms with Crippen molar-refractivity contribution in [1.82, 2.24) is 5.16 Å². The molecule has 1 N–H and O–H groups in total. The quantitative estimate of drug-likeness (QED) is 0.852. The van der Waals surface area contributed by atoms with Crippen molar-refractivity contribution >= 4 is 17.7 Å². The Morgan fingerprint density at radius 1 is 1.47 bits per heavy atom. The normalized spacial score (nSPS) is 10.5. The highest BCUT2D eigenvalue weighted by molar-refractivity contribution is 7.98. The van der Waals surface area contributed by atoms with Crippen LogP contribution in [0.15, 0.2) is 33.7 Å². The summed E-state index contributed by atoms with van der Waals surface area (Å²) in [7, 11) is 0. The van der Waals surface area contributed by atoms with Crippen LogP contribution >= 0.6 is 11.8 Å². The second-order valence-corrected chi connectivity index (χ2v) is 4.08. The summed E-state index contributed by atoms with van der Waals surface area (Å²) in [6, 6.07) is 5.72. The Morgan fingerprint density at radius 3 is 2.82 bits per heavy atom. The van der Waals surface area contributed by atoms with E-state index in [1.807, 2.05) is 0 Å². The van der Waals surface area contributed by atoms with E-state index in [-0.39, 0.29) is 11.5 Å². The lowest BCUT2D eigenvalue weighted by atomic mass is 10.1. The molecule has 0 fully saturated rings. The van der Waals surface area contributed by atoms with E-state index < -0.39 is 5.97 Å². The van der Waals surface area contributed by atoms with Gasteiger partial charge in [-0.25, -0.2) is 9.18 Å². The van der Waals surface area contributed by atoms with Crippen LogP contribution in [-0.4, -0.2) is 22.5 Å². The van der Waals surface area contributed by atoms with Gasteiger partial charge >= 0.3 is 5.97 Å². The molecular weight excluding hydrogens is 245 g/mol. The van der Waals surface area contributed by atoms with Crippen molar-refractivity contribution in [1.29, 1.82) is 0 Å². The standard InChI is InChI=1S/C11H8FNO3S/c1-17-10-4-6(2-3-7(10)12)9-5-8(11(14)15)13-16-9/h2-5H,1H3,(H,14,15). The van der Waals surface area contributed by atoms with Gasteiger partial charge in [-0.15, -0.1) is 11.8 Å². The Kier molecular flexibility index (Phi) is 3.14. The Labute approximate surface area is 100 Å². The largest absolute Gasteiger partial charge is 0.476 e. The van der Waals surface area contributed by atoms with Crippen LogP contribution in [0.25, 0.3) is 11.3 Å². The predicted octanol–water partition coefficient (Wildman–Crippen LogP) is 2.90. The van der Waals surface area contributed by atoms with E-state index in [1.54, 1.807) is 12.3 Å². The number of halogens is 1. The van der Waals surface area contributed by atoms with Gasteiger partial charge in [0.2, 0.25) is 0 Å². The molecule has 1 aromatic heterocycles. The van der Waals surface area contributed by atoms with Crippen LogP contribution in [0.3, 0.4) is 0 Å². The van der Waals surface area contributed by atoms with E-state index >= 15 is 0 Å². The van der Waals surface area contributed by atoms with Crippen molar-refractivity contribution in [3.63, 3.8) is 0 Å². The van der Waals surface area contributed by atoms with E-state index in [0.717, 1.165) is 0 Å². The van der Waals surface area contributed by atoms with Crippen LogP contribution < -0.4 is 0 Å². The maximum atomic E-state index is 13.3. The third-order valence-electron chi connectivity index (χ3n) is 2.16. The zero-order valence-corrected chi connectivity index (χ0v) is 9.62. The SMILES string of the molecule is CSc1cc(-c2cc(C(=O)O)no2)ccc1F. The lowest BCUT2D eigenvalue weighted by Gasteiger charge is -2.00.